The minimum absolute atomic E-state index is 0.291. The summed E-state index contributed by atoms with van der Waals surface area (Å²) in [5.74, 6) is 0.565. The van der Waals surface area contributed by atoms with Crippen molar-refractivity contribution in [2.75, 3.05) is 7.11 Å². The lowest BCUT2D eigenvalue weighted by atomic mass is 10.2. The second-order valence-electron chi connectivity index (χ2n) is 2.94. The fraction of sp³-hybridized carbons (Fsp3) is 0.556. The molecule has 1 atom stereocenters. The van der Waals surface area contributed by atoms with Gasteiger partial charge < -0.3 is 9.84 Å². The molecule has 72 valence electrons. The minimum atomic E-state index is -0.291. The predicted molar refractivity (Wildman–Crippen MR) is 48.6 cm³/mol. The molecule has 1 unspecified atom stereocenters. The van der Waals surface area contributed by atoms with Gasteiger partial charge in [-0.15, -0.1) is 0 Å². The molecular formula is C9H14N2O2. The smallest absolute Gasteiger partial charge is 0.216 e. The van der Waals surface area contributed by atoms with Gasteiger partial charge in [0.15, 0.2) is 0 Å². The van der Waals surface area contributed by atoms with E-state index in [9.17, 15) is 0 Å². The first-order chi connectivity index (χ1) is 6.22. The molecule has 1 aromatic rings. The molecular weight excluding hydrogens is 168 g/mol. The average Bonchev–Trinajstić information content (AvgIpc) is 2.15. The van der Waals surface area contributed by atoms with Crippen molar-refractivity contribution < 1.29 is 9.84 Å². The van der Waals surface area contributed by atoms with Crippen LogP contribution in [0.5, 0.6) is 5.88 Å². The van der Waals surface area contributed by atoms with Gasteiger partial charge in [-0.2, -0.15) is 0 Å². The lowest BCUT2D eigenvalue weighted by Gasteiger charge is -2.04. The molecule has 0 aromatic carbocycles. The number of aliphatic hydroxyl groups is 1. The molecule has 4 nitrogen and oxygen atoms in total. The van der Waals surface area contributed by atoms with Crippen LogP contribution in [0.25, 0.3) is 0 Å². The maximum Gasteiger partial charge on any atom is 0.216 e. The monoisotopic (exact) mass is 182 g/mol. The van der Waals surface area contributed by atoms with Crippen LogP contribution >= 0.6 is 0 Å². The molecule has 1 N–H and O–H groups in total. The highest BCUT2D eigenvalue weighted by Gasteiger charge is 2.01. The van der Waals surface area contributed by atoms with Crippen molar-refractivity contribution in [2.24, 2.45) is 0 Å². The van der Waals surface area contributed by atoms with Gasteiger partial charge >= 0.3 is 0 Å². The fourth-order valence-electron chi connectivity index (χ4n) is 0.982. The zero-order valence-corrected chi connectivity index (χ0v) is 7.90. The Morgan fingerprint density at radius 2 is 2.31 bits per heavy atom. The Labute approximate surface area is 77.6 Å². The largest absolute Gasteiger partial charge is 0.481 e. The summed E-state index contributed by atoms with van der Waals surface area (Å²) in [5, 5.41) is 9.07. The van der Waals surface area contributed by atoms with E-state index >= 15 is 0 Å². The highest BCUT2D eigenvalue weighted by atomic mass is 16.5. The molecule has 0 saturated heterocycles. The Bertz CT molecular complexity index is 264. The summed E-state index contributed by atoms with van der Waals surface area (Å²) in [6.45, 7) is 1.76. The van der Waals surface area contributed by atoms with E-state index in [1.165, 1.54) is 6.33 Å². The molecule has 13 heavy (non-hydrogen) atoms. The first-order valence-corrected chi connectivity index (χ1v) is 4.25. The molecule has 0 aliphatic heterocycles. The summed E-state index contributed by atoms with van der Waals surface area (Å²) >= 11 is 0. The minimum Gasteiger partial charge on any atom is -0.481 e. The maximum absolute atomic E-state index is 9.07. The third kappa shape index (κ3) is 3.38. The number of nitrogens with zero attached hydrogens (tertiary/aromatic N) is 2. The molecule has 0 fully saturated rings. The van der Waals surface area contributed by atoms with E-state index in [0.29, 0.717) is 12.3 Å². The van der Waals surface area contributed by atoms with Gasteiger partial charge in [0.1, 0.15) is 6.33 Å². The summed E-state index contributed by atoms with van der Waals surface area (Å²) in [4.78, 5) is 7.95. The molecule has 4 heteroatoms. The first kappa shape index (κ1) is 9.92. The molecule has 0 aliphatic carbocycles. The Morgan fingerprint density at radius 1 is 1.54 bits per heavy atom. The van der Waals surface area contributed by atoms with Crippen LogP contribution in [0.15, 0.2) is 12.4 Å². The normalized spacial score (nSPS) is 12.5. The van der Waals surface area contributed by atoms with Crippen LogP contribution in [0, 0.1) is 0 Å². The van der Waals surface area contributed by atoms with Crippen molar-refractivity contribution in [3.05, 3.63) is 18.1 Å². The van der Waals surface area contributed by atoms with Crippen molar-refractivity contribution in [1.82, 2.24) is 9.97 Å². The van der Waals surface area contributed by atoms with Gasteiger partial charge in [-0.05, 0) is 19.8 Å². The Kier molecular flexibility index (Phi) is 3.64. The van der Waals surface area contributed by atoms with Gasteiger partial charge in [0.25, 0.3) is 0 Å². The second kappa shape index (κ2) is 4.77. The van der Waals surface area contributed by atoms with Crippen molar-refractivity contribution in [1.29, 1.82) is 0 Å². The number of aliphatic hydroxyl groups excluding tert-OH is 1. The SMILES string of the molecule is COc1cc(CCC(C)O)ncn1. The Morgan fingerprint density at radius 3 is 2.92 bits per heavy atom. The van der Waals surface area contributed by atoms with Gasteiger partial charge in [-0.3, -0.25) is 0 Å². The van der Waals surface area contributed by atoms with Crippen molar-refractivity contribution in [3.63, 3.8) is 0 Å². The topological polar surface area (TPSA) is 55.2 Å². The molecule has 1 heterocycles. The molecule has 0 saturated carbocycles. The van der Waals surface area contributed by atoms with Crippen LogP contribution in [0.2, 0.25) is 0 Å². The third-order valence-corrected chi connectivity index (χ3v) is 1.73. The molecule has 0 amide bonds. The predicted octanol–water partition coefficient (Wildman–Crippen LogP) is 0.799. The van der Waals surface area contributed by atoms with Crippen molar-refractivity contribution in [3.8, 4) is 5.88 Å². The summed E-state index contributed by atoms with van der Waals surface area (Å²) in [6, 6.07) is 1.78. The number of hydrogen-bond acceptors (Lipinski definition) is 4. The summed E-state index contributed by atoms with van der Waals surface area (Å²) in [6.07, 6.45) is 2.63. The number of rotatable bonds is 4. The second-order valence-corrected chi connectivity index (χ2v) is 2.94. The summed E-state index contributed by atoms with van der Waals surface area (Å²) < 4.78 is 4.95. The van der Waals surface area contributed by atoms with Gasteiger partial charge in [0, 0.05) is 11.8 Å². The van der Waals surface area contributed by atoms with Crippen molar-refractivity contribution >= 4 is 0 Å². The van der Waals surface area contributed by atoms with Gasteiger partial charge in [0.2, 0.25) is 5.88 Å². The molecule has 1 rings (SSSR count). The average molecular weight is 182 g/mol. The number of aromatic nitrogens is 2. The van der Waals surface area contributed by atoms with E-state index in [4.69, 9.17) is 9.84 Å². The lowest BCUT2D eigenvalue weighted by molar-refractivity contribution is 0.184. The standard InChI is InChI=1S/C9H14N2O2/c1-7(12)3-4-8-5-9(13-2)11-6-10-8/h5-7,12H,3-4H2,1-2H3. The number of aryl methyl sites for hydroxylation is 1. The van der Waals surface area contributed by atoms with Crippen LogP contribution < -0.4 is 4.74 Å². The summed E-state index contributed by atoms with van der Waals surface area (Å²) in [7, 11) is 1.57. The maximum atomic E-state index is 9.07. The van der Waals surface area contributed by atoms with Crippen LogP contribution in [-0.2, 0) is 6.42 Å². The van der Waals surface area contributed by atoms with E-state index in [1.807, 2.05) is 0 Å². The van der Waals surface area contributed by atoms with E-state index in [1.54, 1.807) is 20.1 Å². The first-order valence-electron chi connectivity index (χ1n) is 4.25. The molecule has 0 aliphatic rings. The summed E-state index contributed by atoms with van der Waals surface area (Å²) in [5.41, 5.74) is 0.896. The Balaban J connectivity index is 2.56. The molecule has 0 spiro atoms. The lowest BCUT2D eigenvalue weighted by Crippen LogP contribution is -2.03. The zero-order chi connectivity index (χ0) is 9.68. The van der Waals surface area contributed by atoms with Gasteiger partial charge in [-0.25, -0.2) is 9.97 Å². The molecule has 0 bridgehead atoms. The Hall–Kier alpha value is -1.16. The highest BCUT2D eigenvalue weighted by molar-refractivity contribution is 5.13. The van der Waals surface area contributed by atoms with E-state index in [-0.39, 0.29) is 6.10 Å². The molecule has 0 radical (unpaired) electrons. The van der Waals surface area contributed by atoms with Crippen LogP contribution in [0.1, 0.15) is 19.0 Å². The van der Waals surface area contributed by atoms with Gasteiger partial charge in [-0.1, -0.05) is 0 Å². The quantitative estimate of drug-likeness (QED) is 0.748. The van der Waals surface area contributed by atoms with Crippen LogP contribution in [-0.4, -0.2) is 28.3 Å². The molecule has 1 aromatic heterocycles. The van der Waals surface area contributed by atoms with E-state index in [2.05, 4.69) is 9.97 Å². The third-order valence-electron chi connectivity index (χ3n) is 1.73. The van der Waals surface area contributed by atoms with Gasteiger partial charge in [0.05, 0.1) is 13.2 Å². The van der Waals surface area contributed by atoms with Crippen molar-refractivity contribution in [2.45, 2.75) is 25.9 Å². The van der Waals surface area contributed by atoms with Crippen LogP contribution in [0.4, 0.5) is 0 Å². The number of methoxy groups -OCH3 is 1. The van der Waals surface area contributed by atoms with E-state index in [0.717, 1.165) is 12.1 Å². The van der Waals surface area contributed by atoms with E-state index < -0.39 is 0 Å². The zero-order valence-electron chi connectivity index (χ0n) is 7.90. The number of hydrogen-bond donors (Lipinski definition) is 1. The van der Waals surface area contributed by atoms with Crippen LogP contribution in [0.3, 0.4) is 0 Å². The number of ether oxygens (including phenoxy) is 1. The fourth-order valence-corrected chi connectivity index (χ4v) is 0.982. The highest BCUT2D eigenvalue weighted by Crippen LogP contribution is 2.08.